The lowest BCUT2D eigenvalue weighted by atomic mass is 9.98. The lowest BCUT2D eigenvalue weighted by molar-refractivity contribution is 0.170. The SMILES string of the molecule is O=S(=O)(Cc1ccccc1)NC[C@H]1CCCN(Cc2cc3ccccc3s2)C1. The van der Waals surface area contributed by atoms with Gasteiger partial charge in [0.05, 0.1) is 5.75 Å². The van der Waals surface area contributed by atoms with Crippen molar-refractivity contribution in [1.82, 2.24) is 9.62 Å². The van der Waals surface area contributed by atoms with Gasteiger partial charge in [-0.05, 0) is 48.4 Å². The van der Waals surface area contributed by atoms with Crippen LogP contribution in [0.1, 0.15) is 23.3 Å². The Kier molecular flexibility index (Phi) is 6.11. The molecule has 0 unspecified atom stereocenters. The van der Waals surface area contributed by atoms with Crippen LogP contribution in [0.2, 0.25) is 0 Å². The summed E-state index contributed by atoms with van der Waals surface area (Å²) in [4.78, 5) is 3.84. The van der Waals surface area contributed by atoms with E-state index >= 15 is 0 Å². The first kappa shape index (κ1) is 19.6. The summed E-state index contributed by atoms with van der Waals surface area (Å²) in [5.41, 5.74) is 0.824. The van der Waals surface area contributed by atoms with Crippen molar-refractivity contribution in [3.8, 4) is 0 Å². The number of nitrogens with one attached hydrogen (secondary N) is 1. The van der Waals surface area contributed by atoms with E-state index in [0.29, 0.717) is 12.5 Å². The van der Waals surface area contributed by atoms with Crippen LogP contribution in [0.4, 0.5) is 0 Å². The van der Waals surface area contributed by atoms with Crippen molar-refractivity contribution in [3.05, 3.63) is 71.1 Å². The van der Waals surface area contributed by atoms with Gasteiger partial charge in [-0.2, -0.15) is 0 Å². The maximum atomic E-state index is 12.4. The minimum Gasteiger partial charge on any atom is -0.298 e. The Labute approximate surface area is 171 Å². The smallest absolute Gasteiger partial charge is 0.215 e. The van der Waals surface area contributed by atoms with Crippen molar-refractivity contribution in [2.75, 3.05) is 19.6 Å². The second-order valence-electron chi connectivity index (χ2n) is 7.59. The first-order valence-corrected chi connectivity index (χ1v) is 12.3. The van der Waals surface area contributed by atoms with Crippen LogP contribution in [0.25, 0.3) is 10.1 Å². The predicted molar refractivity (Wildman–Crippen MR) is 117 cm³/mol. The molecule has 4 rings (SSSR count). The molecule has 2 aromatic carbocycles. The largest absolute Gasteiger partial charge is 0.298 e. The van der Waals surface area contributed by atoms with Gasteiger partial charge in [0.2, 0.25) is 10.0 Å². The zero-order valence-electron chi connectivity index (χ0n) is 15.9. The fraction of sp³-hybridized carbons (Fsp3) is 0.364. The van der Waals surface area contributed by atoms with Crippen molar-refractivity contribution >= 4 is 31.4 Å². The quantitative estimate of drug-likeness (QED) is 0.629. The third-order valence-electron chi connectivity index (χ3n) is 5.25. The third kappa shape index (κ3) is 5.20. The molecule has 6 heteroatoms. The predicted octanol–water partition coefficient (Wildman–Crippen LogP) is 4.23. The van der Waals surface area contributed by atoms with Crippen molar-refractivity contribution in [3.63, 3.8) is 0 Å². The molecule has 1 saturated heterocycles. The molecule has 148 valence electrons. The highest BCUT2D eigenvalue weighted by Gasteiger charge is 2.22. The number of hydrogen-bond acceptors (Lipinski definition) is 4. The van der Waals surface area contributed by atoms with Crippen LogP contribution in [0.3, 0.4) is 0 Å². The second-order valence-corrected chi connectivity index (χ2v) is 10.6. The van der Waals surface area contributed by atoms with Gasteiger partial charge in [0, 0.05) is 29.2 Å². The molecule has 1 aliphatic rings. The molecule has 0 aliphatic carbocycles. The van der Waals surface area contributed by atoms with Crippen molar-refractivity contribution in [2.24, 2.45) is 5.92 Å². The summed E-state index contributed by atoms with van der Waals surface area (Å²) in [7, 11) is -3.29. The van der Waals surface area contributed by atoms with Crippen LogP contribution in [0.5, 0.6) is 0 Å². The normalized spacial score (nSPS) is 18.5. The number of sulfonamides is 1. The highest BCUT2D eigenvalue weighted by Crippen LogP contribution is 2.27. The van der Waals surface area contributed by atoms with E-state index in [9.17, 15) is 8.42 Å². The Morgan fingerprint density at radius 3 is 2.68 bits per heavy atom. The Morgan fingerprint density at radius 1 is 1.07 bits per heavy atom. The first-order chi connectivity index (χ1) is 13.6. The molecule has 4 nitrogen and oxygen atoms in total. The minimum absolute atomic E-state index is 0.0477. The maximum Gasteiger partial charge on any atom is 0.215 e. The lowest BCUT2D eigenvalue weighted by Crippen LogP contribution is -2.40. The number of nitrogens with zero attached hydrogens (tertiary/aromatic N) is 1. The number of likely N-dealkylation sites (tertiary alicyclic amines) is 1. The Morgan fingerprint density at radius 2 is 1.86 bits per heavy atom. The van der Waals surface area contributed by atoms with Crippen LogP contribution < -0.4 is 4.72 Å². The molecule has 0 bridgehead atoms. The molecule has 1 N–H and O–H groups in total. The van der Waals surface area contributed by atoms with E-state index in [1.807, 2.05) is 41.7 Å². The fourth-order valence-electron chi connectivity index (χ4n) is 3.89. The monoisotopic (exact) mass is 414 g/mol. The maximum absolute atomic E-state index is 12.4. The van der Waals surface area contributed by atoms with Crippen LogP contribution >= 0.6 is 11.3 Å². The standard InChI is InChI=1S/C22H26N2O2S2/c25-28(26,17-18-7-2-1-3-8-18)23-14-19-9-6-12-24(15-19)16-21-13-20-10-4-5-11-22(20)27-21/h1-5,7-8,10-11,13,19,23H,6,9,12,14-17H2/t19-/m1/s1. The molecule has 0 saturated carbocycles. The van der Waals surface area contributed by atoms with E-state index in [1.165, 1.54) is 15.0 Å². The summed E-state index contributed by atoms with van der Waals surface area (Å²) in [6.45, 7) is 3.51. The molecule has 0 spiro atoms. The van der Waals surface area contributed by atoms with Gasteiger partial charge in [0.1, 0.15) is 0 Å². The lowest BCUT2D eigenvalue weighted by Gasteiger charge is -2.32. The molecule has 0 radical (unpaired) electrons. The second kappa shape index (κ2) is 8.74. The molecule has 28 heavy (non-hydrogen) atoms. The van der Waals surface area contributed by atoms with Gasteiger partial charge >= 0.3 is 0 Å². The topological polar surface area (TPSA) is 49.4 Å². The number of piperidine rings is 1. The molecule has 1 aromatic heterocycles. The van der Waals surface area contributed by atoms with Gasteiger partial charge < -0.3 is 0 Å². The van der Waals surface area contributed by atoms with Crippen LogP contribution in [-0.2, 0) is 22.3 Å². The highest BCUT2D eigenvalue weighted by atomic mass is 32.2. The molecular formula is C22H26N2O2S2. The van der Waals surface area contributed by atoms with Gasteiger partial charge in [-0.25, -0.2) is 13.1 Å². The number of hydrogen-bond donors (Lipinski definition) is 1. The summed E-state index contributed by atoms with van der Waals surface area (Å²) < 4.78 is 28.9. The van der Waals surface area contributed by atoms with E-state index in [1.54, 1.807) is 0 Å². The first-order valence-electron chi connectivity index (χ1n) is 9.78. The Bertz CT molecular complexity index is 982. The molecule has 3 aromatic rings. The summed E-state index contributed by atoms with van der Waals surface area (Å²) in [5, 5.41) is 1.31. The molecule has 1 aliphatic heterocycles. The van der Waals surface area contributed by atoms with Crippen LogP contribution in [0, 0.1) is 5.92 Å². The average Bonchev–Trinajstić information content (AvgIpc) is 3.09. The van der Waals surface area contributed by atoms with Gasteiger partial charge in [-0.3, -0.25) is 4.90 Å². The van der Waals surface area contributed by atoms with Crippen LogP contribution in [-0.4, -0.2) is 33.0 Å². The van der Waals surface area contributed by atoms with Gasteiger partial charge in [-0.1, -0.05) is 48.5 Å². The zero-order chi connectivity index (χ0) is 19.4. The molecule has 0 amide bonds. The summed E-state index contributed by atoms with van der Waals surface area (Å²) >= 11 is 1.86. The summed E-state index contributed by atoms with van der Waals surface area (Å²) in [5.74, 6) is 0.417. The van der Waals surface area contributed by atoms with Crippen LogP contribution in [0.15, 0.2) is 60.7 Å². The molecule has 1 atom stereocenters. The minimum atomic E-state index is -3.29. The molecule has 2 heterocycles. The Hall–Kier alpha value is -1.73. The van der Waals surface area contributed by atoms with E-state index in [2.05, 4.69) is 40.0 Å². The molecular weight excluding hydrogens is 388 g/mol. The zero-order valence-corrected chi connectivity index (χ0v) is 17.5. The number of thiophene rings is 1. The molecule has 1 fully saturated rings. The average molecular weight is 415 g/mol. The summed E-state index contributed by atoms with van der Waals surface area (Å²) in [6, 6.07) is 20.1. The van der Waals surface area contributed by atoms with E-state index in [4.69, 9.17) is 0 Å². The van der Waals surface area contributed by atoms with Gasteiger partial charge in [0.25, 0.3) is 0 Å². The third-order valence-corrected chi connectivity index (χ3v) is 7.67. The number of benzene rings is 2. The number of fused-ring (bicyclic) bond motifs is 1. The Balaban J connectivity index is 1.31. The number of rotatable bonds is 7. The van der Waals surface area contributed by atoms with E-state index in [0.717, 1.165) is 38.0 Å². The van der Waals surface area contributed by atoms with E-state index in [-0.39, 0.29) is 5.75 Å². The van der Waals surface area contributed by atoms with Gasteiger partial charge in [-0.15, -0.1) is 11.3 Å². The highest BCUT2D eigenvalue weighted by molar-refractivity contribution is 7.88. The van der Waals surface area contributed by atoms with Gasteiger partial charge in [0.15, 0.2) is 0 Å². The van der Waals surface area contributed by atoms with Crippen molar-refractivity contribution in [1.29, 1.82) is 0 Å². The van der Waals surface area contributed by atoms with E-state index < -0.39 is 10.0 Å². The van der Waals surface area contributed by atoms with Crippen molar-refractivity contribution in [2.45, 2.75) is 25.1 Å². The van der Waals surface area contributed by atoms with Crippen molar-refractivity contribution < 1.29 is 8.42 Å². The summed E-state index contributed by atoms with van der Waals surface area (Å²) in [6.07, 6.45) is 2.20. The fourth-order valence-corrected chi connectivity index (χ4v) is 6.22.